The van der Waals surface area contributed by atoms with E-state index >= 15 is 0 Å². The molecule has 0 aliphatic heterocycles. The Morgan fingerprint density at radius 1 is 1.73 bits per heavy atom. The summed E-state index contributed by atoms with van der Waals surface area (Å²) < 4.78 is 0. The molecule has 0 heterocycles. The van der Waals surface area contributed by atoms with Crippen LogP contribution in [0, 0.1) is 11.5 Å². The highest BCUT2D eigenvalue weighted by molar-refractivity contribution is 5.79. The van der Waals surface area contributed by atoms with Gasteiger partial charge in [-0.3, -0.25) is 5.32 Å². The van der Waals surface area contributed by atoms with E-state index in [0.717, 1.165) is 0 Å². The SMILES string of the molecule is CC(C)=CCN=C(N)NC#N. The summed E-state index contributed by atoms with van der Waals surface area (Å²) in [7, 11) is 0. The summed E-state index contributed by atoms with van der Waals surface area (Å²) in [5.41, 5.74) is 6.44. The zero-order valence-electron chi connectivity index (χ0n) is 6.76. The van der Waals surface area contributed by atoms with Crippen LogP contribution < -0.4 is 11.1 Å². The Morgan fingerprint density at radius 2 is 2.36 bits per heavy atom. The number of guanidine groups is 1. The second-order valence-corrected chi connectivity index (χ2v) is 2.24. The maximum absolute atomic E-state index is 8.11. The van der Waals surface area contributed by atoms with E-state index in [1.54, 1.807) is 6.19 Å². The molecule has 0 aromatic heterocycles. The first-order valence-corrected chi connectivity index (χ1v) is 3.25. The van der Waals surface area contributed by atoms with Gasteiger partial charge < -0.3 is 5.73 Å². The molecule has 0 fully saturated rings. The van der Waals surface area contributed by atoms with Crippen LogP contribution in [0.1, 0.15) is 13.8 Å². The fourth-order valence-corrected chi connectivity index (χ4v) is 0.423. The van der Waals surface area contributed by atoms with Crippen LogP contribution in [-0.2, 0) is 0 Å². The zero-order valence-corrected chi connectivity index (χ0v) is 6.76. The van der Waals surface area contributed by atoms with E-state index in [2.05, 4.69) is 10.3 Å². The van der Waals surface area contributed by atoms with Crippen LogP contribution in [0.3, 0.4) is 0 Å². The molecule has 0 radical (unpaired) electrons. The predicted molar refractivity (Wildman–Crippen MR) is 44.7 cm³/mol. The van der Waals surface area contributed by atoms with Gasteiger partial charge in [-0.1, -0.05) is 11.6 Å². The third-order valence-electron chi connectivity index (χ3n) is 0.945. The number of nitrogens with zero attached hydrogens (tertiary/aromatic N) is 2. The number of nitrogens with two attached hydrogens (primary N) is 1. The largest absolute Gasteiger partial charge is 0.369 e. The number of aliphatic imine (C=N–C) groups is 1. The minimum absolute atomic E-state index is 0.157. The lowest BCUT2D eigenvalue weighted by molar-refractivity contribution is 1.13. The van der Waals surface area contributed by atoms with E-state index in [9.17, 15) is 0 Å². The van der Waals surface area contributed by atoms with Gasteiger partial charge in [0, 0.05) is 0 Å². The highest BCUT2D eigenvalue weighted by atomic mass is 15.1. The van der Waals surface area contributed by atoms with E-state index in [1.165, 1.54) is 5.57 Å². The lowest BCUT2D eigenvalue weighted by Crippen LogP contribution is -2.27. The van der Waals surface area contributed by atoms with Gasteiger partial charge in [0.05, 0.1) is 6.54 Å². The molecule has 0 aromatic carbocycles. The van der Waals surface area contributed by atoms with Crippen molar-refractivity contribution < 1.29 is 0 Å². The van der Waals surface area contributed by atoms with Gasteiger partial charge in [0.25, 0.3) is 0 Å². The Labute approximate surface area is 66.4 Å². The Hall–Kier alpha value is -1.50. The molecule has 0 atom stereocenters. The van der Waals surface area contributed by atoms with Crippen LogP contribution in [0.5, 0.6) is 0 Å². The summed E-state index contributed by atoms with van der Waals surface area (Å²) in [5.74, 6) is 0.157. The van der Waals surface area contributed by atoms with Crippen molar-refractivity contribution in [1.82, 2.24) is 5.32 Å². The summed E-state index contributed by atoms with van der Waals surface area (Å²) in [6, 6.07) is 0. The number of hydrogen-bond acceptors (Lipinski definition) is 2. The van der Waals surface area contributed by atoms with Crippen molar-refractivity contribution in [2.75, 3.05) is 6.54 Å². The molecule has 3 N–H and O–H groups in total. The third-order valence-corrected chi connectivity index (χ3v) is 0.945. The molecule has 0 aliphatic rings. The molecule has 0 rings (SSSR count). The van der Waals surface area contributed by atoms with E-state index in [4.69, 9.17) is 11.0 Å². The molecular weight excluding hydrogens is 140 g/mol. The number of hydrogen-bond donors (Lipinski definition) is 2. The number of nitriles is 1. The van der Waals surface area contributed by atoms with E-state index < -0.39 is 0 Å². The average molecular weight is 152 g/mol. The summed E-state index contributed by atoms with van der Waals surface area (Å²) in [5, 5.41) is 10.3. The van der Waals surface area contributed by atoms with Crippen molar-refractivity contribution >= 4 is 5.96 Å². The summed E-state index contributed by atoms with van der Waals surface area (Å²) >= 11 is 0. The molecular formula is C7H12N4. The Balaban J connectivity index is 3.76. The van der Waals surface area contributed by atoms with Gasteiger partial charge >= 0.3 is 0 Å². The molecule has 4 nitrogen and oxygen atoms in total. The average Bonchev–Trinajstić information content (AvgIpc) is 1.87. The van der Waals surface area contributed by atoms with E-state index in [1.807, 2.05) is 19.9 Å². The first kappa shape index (κ1) is 9.50. The maximum Gasteiger partial charge on any atom is 0.202 e. The highest BCUT2D eigenvalue weighted by Gasteiger charge is 1.83. The monoisotopic (exact) mass is 152 g/mol. The van der Waals surface area contributed by atoms with E-state index in [0.29, 0.717) is 6.54 Å². The molecule has 0 bridgehead atoms. The summed E-state index contributed by atoms with van der Waals surface area (Å²) in [6.07, 6.45) is 3.60. The smallest absolute Gasteiger partial charge is 0.202 e. The fourth-order valence-electron chi connectivity index (χ4n) is 0.423. The van der Waals surface area contributed by atoms with Crippen molar-refractivity contribution in [3.63, 3.8) is 0 Å². The minimum Gasteiger partial charge on any atom is -0.369 e. The van der Waals surface area contributed by atoms with Crippen molar-refractivity contribution in [2.24, 2.45) is 10.7 Å². The van der Waals surface area contributed by atoms with Crippen LogP contribution in [0.25, 0.3) is 0 Å². The molecule has 0 saturated heterocycles. The minimum atomic E-state index is 0.157. The van der Waals surface area contributed by atoms with Crippen LogP contribution in [0.15, 0.2) is 16.6 Å². The maximum atomic E-state index is 8.11. The predicted octanol–water partition coefficient (Wildman–Crippen LogP) is 0.338. The Bertz CT molecular complexity index is 205. The molecule has 0 amide bonds. The van der Waals surface area contributed by atoms with Crippen molar-refractivity contribution in [1.29, 1.82) is 5.26 Å². The molecule has 4 heteroatoms. The van der Waals surface area contributed by atoms with Crippen molar-refractivity contribution in [3.8, 4) is 6.19 Å². The number of allylic oxidation sites excluding steroid dienone is 1. The van der Waals surface area contributed by atoms with Gasteiger partial charge in [-0.05, 0) is 13.8 Å². The Kier molecular flexibility index (Phi) is 4.58. The van der Waals surface area contributed by atoms with Gasteiger partial charge in [-0.2, -0.15) is 5.26 Å². The van der Waals surface area contributed by atoms with Gasteiger partial charge in [0.1, 0.15) is 0 Å². The molecule has 11 heavy (non-hydrogen) atoms. The summed E-state index contributed by atoms with van der Waals surface area (Å²) in [4.78, 5) is 3.84. The van der Waals surface area contributed by atoms with Gasteiger partial charge in [-0.15, -0.1) is 0 Å². The quantitative estimate of drug-likeness (QED) is 0.197. The van der Waals surface area contributed by atoms with E-state index in [-0.39, 0.29) is 5.96 Å². The molecule has 0 unspecified atom stereocenters. The molecule has 0 spiro atoms. The summed E-state index contributed by atoms with van der Waals surface area (Å²) in [6.45, 7) is 4.47. The lowest BCUT2D eigenvalue weighted by Gasteiger charge is -1.92. The highest BCUT2D eigenvalue weighted by Crippen LogP contribution is 1.86. The third kappa shape index (κ3) is 6.38. The van der Waals surface area contributed by atoms with Crippen LogP contribution in [-0.4, -0.2) is 12.5 Å². The van der Waals surface area contributed by atoms with Gasteiger partial charge in [-0.25, -0.2) is 4.99 Å². The first-order valence-electron chi connectivity index (χ1n) is 3.25. The first-order chi connectivity index (χ1) is 5.16. The Morgan fingerprint density at radius 3 is 2.82 bits per heavy atom. The standard InChI is InChI=1S/C7H12N4/c1-6(2)3-4-10-7(9)11-5-8/h3H,4H2,1-2H3,(H3,9,10,11). The van der Waals surface area contributed by atoms with Crippen LogP contribution in [0.2, 0.25) is 0 Å². The fraction of sp³-hybridized carbons (Fsp3) is 0.429. The molecule has 60 valence electrons. The normalized spacial score (nSPS) is 10.1. The van der Waals surface area contributed by atoms with Crippen LogP contribution in [0.4, 0.5) is 0 Å². The van der Waals surface area contributed by atoms with Gasteiger partial charge in [0.15, 0.2) is 6.19 Å². The molecule has 0 aromatic rings. The van der Waals surface area contributed by atoms with Crippen molar-refractivity contribution in [2.45, 2.75) is 13.8 Å². The van der Waals surface area contributed by atoms with Crippen LogP contribution >= 0.6 is 0 Å². The van der Waals surface area contributed by atoms with Gasteiger partial charge in [0.2, 0.25) is 5.96 Å². The number of rotatable bonds is 2. The second kappa shape index (κ2) is 5.30. The zero-order chi connectivity index (χ0) is 8.69. The molecule has 0 aliphatic carbocycles. The molecule has 0 saturated carbocycles. The van der Waals surface area contributed by atoms with Crippen molar-refractivity contribution in [3.05, 3.63) is 11.6 Å². The lowest BCUT2D eigenvalue weighted by atomic mass is 10.3. The number of nitrogens with one attached hydrogen (secondary N) is 1. The second-order valence-electron chi connectivity index (χ2n) is 2.24. The topological polar surface area (TPSA) is 74.2 Å².